The molecule has 0 radical (unpaired) electrons. The maximum atomic E-state index is 12.7. The van der Waals surface area contributed by atoms with Gasteiger partial charge in [-0.05, 0) is 69.3 Å². The molecular weight excluding hydrogens is 428 g/mol. The molecule has 0 fully saturated rings. The molecule has 3 rings (SSSR count). The minimum atomic E-state index is -0.347. The summed E-state index contributed by atoms with van der Waals surface area (Å²) in [6.45, 7) is 9.00. The fourth-order valence-corrected chi connectivity index (χ4v) is 5.49. The first-order valence-electron chi connectivity index (χ1n) is 12.6. The number of aryl methyl sites for hydroxylation is 1. The van der Waals surface area contributed by atoms with E-state index in [1.807, 2.05) is 24.7 Å². The molecule has 34 heavy (non-hydrogen) atoms. The summed E-state index contributed by atoms with van der Waals surface area (Å²) in [6.07, 6.45) is 16.9. The van der Waals surface area contributed by atoms with Crippen molar-refractivity contribution >= 4 is 18.0 Å². The maximum absolute atomic E-state index is 12.7. The first-order chi connectivity index (χ1) is 16.3. The summed E-state index contributed by atoms with van der Waals surface area (Å²) in [6, 6.07) is 0. The SMILES string of the molecule is CCOC(=O)C1C/C=C\CC(OC(=O)C=Cc2cn(C)cn2)CC2C(C)=CCC(C(C)C)C2C1. The summed E-state index contributed by atoms with van der Waals surface area (Å²) in [5, 5.41) is 0. The second kappa shape index (κ2) is 12.2. The van der Waals surface area contributed by atoms with E-state index in [1.165, 1.54) is 11.6 Å². The Morgan fingerprint density at radius 2 is 1.97 bits per heavy atom. The van der Waals surface area contributed by atoms with E-state index in [1.54, 1.807) is 12.4 Å². The molecule has 1 heterocycles. The Balaban J connectivity index is 1.81. The number of hydrogen-bond donors (Lipinski definition) is 0. The molecule has 6 nitrogen and oxygen atoms in total. The first kappa shape index (κ1) is 26.0. The van der Waals surface area contributed by atoms with Crippen LogP contribution < -0.4 is 0 Å². The minimum Gasteiger partial charge on any atom is -0.466 e. The summed E-state index contributed by atoms with van der Waals surface area (Å²) in [7, 11) is 1.89. The van der Waals surface area contributed by atoms with Crippen molar-refractivity contribution in [3.05, 3.63) is 48.1 Å². The van der Waals surface area contributed by atoms with Crippen LogP contribution in [0.4, 0.5) is 0 Å². The molecule has 1 aromatic heterocycles. The van der Waals surface area contributed by atoms with Crippen LogP contribution in [-0.2, 0) is 26.1 Å². The van der Waals surface area contributed by atoms with Crippen LogP contribution in [0.15, 0.2) is 42.4 Å². The van der Waals surface area contributed by atoms with E-state index in [4.69, 9.17) is 9.47 Å². The predicted octanol–water partition coefficient (Wildman–Crippen LogP) is 5.51. The van der Waals surface area contributed by atoms with Crippen molar-refractivity contribution in [1.29, 1.82) is 0 Å². The number of imidazole rings is 1. The number of rotatable bonds is 6. The molecule has 2 aliphatic carbocycles. The van der Waals surface area contributed by atoms with Crippen molar-refractivity contribution in [2.24, 2.45) is 36.6 Å². The summed E-state index contributed by atoms with van der Waals surface area (Å²) in [5.41, 5.74) is 2.07. The van der Waals surface area contributed by atoms with Gasteiger partial charge < -0.3 is 14.0 Å². The largest absolute Gasteiger partial charge is 0.466 e. The van der Waals surface area contributed by atoms with Gasteiger partial charge in [-0.15, -0.1) is 0 Å². The first-order valence-corrected chi connectivity index (χ1v) is 12.6. The number of esters is 2. The van der Waals surface area contributed by atoms with E-state index in [0.717, 1.165) is 25.0 Å². The van der Waals surface area contributed by atoms with Crippen molar-refractivity contribution in [1.82, 2.24) is 9.55 Å². The van der Waals surface area contributed by atoms with Gasteiger partial charge >= 0.3 is 11.9 Å². The molecule has 0 aromatic carbocycles. The third-order valence-corrected chi connectivity index (χ3v) is 7.30. The van der Waals surface area contributed by atoms with Crippen molar-refractivity contribution < 1.29 is 19.1 Å². The molecular formula is C28H40N2O4. The quantitative estimate of drug-likeness (QED) is 0.313. The van der Waals surface area contributed by atoms with E-state index in [2.05, 4.69) is 44.0 Å². The highest BCUT2D eigenvalue weighted by Gasteiger charge is 2.39. The van der Waals surface area contributed by atoms with Crippen LogP contribution >= 0.6 is 0 Å². The Labute approximate surface area is 204 Å². The zero-order chi connectivity index (χ0) is 24.7. The van der Waals surface area contributed by atoms with E-state index >= 15 is 0 Å². The number of carbonyl (C=O) groups is 2. The third kappa shape index (κ3) is 6.94. The minimum absolute atomic E-state index is 0.0937. The van der Waals surface area contributed by atoms with Gasteiger partial charge in [0.25, 0.3) is 0 Å². The predicted molar refractivity (Wildman–Crippen MR) is 134 cm³/mol. The van der Waals surface area contributed by atoms with Crippen LogP contribution in [0.3, 0.4) is 0 Å². The highest BCUT2D eigenvalue weighted by atomic mass is 16.5. The summed E-state index contributed by atoms with van der Waals surface area (Å²) >= 11 is 0. The van der Waals surface area contributed by atoms with Crippen LogP contribution in [-0.4, -0.2) is 34.2 Å². The van der Waals surface area contributed by atoms with Gasteiger partial charge in [-0.2, -0.15) is 0 Å². The maximum Gasteiger partial charge on any atom is 0.331 e. The smallest absolute Gasteiger partial charge is 0.331 e. The topological polar surface area (TPSA) is 70.4 Å². The molecule has 186 valence electrons. The number of hydrogen-bond acceptors (Lipinski definition) is 5. The van der Waals surface area contributed by atoms with Crippen LogP contribution in [0.2, 0.25) is 0 Å². The zero-order valence-electron chi connectivity index (χ0n) is 21.3. The zero-order valence-corrected chi connectivity index (χ0v) is 21.3. The van der Waals surface area contributed by atoms with E-state index < -0.39 is 0 Å². The van der Waals surface area contributed by atoms with Crippen molar-refractivity contribution in [2.75, 3.05) is 6.61 Å². The highest BCUT2D eigenvalue weighted by Crippen LogP contribution is 2.45. The van der Waals surface area contributed by atoms with Gasteiger partial charge in [-0.3, -0.25) is 4.79 Å². The molecule has 5 atom stereocenters. The van der Waals surface area contributed by atoms with Crippen LogP contribution in [0.5, 0.6) is 0 Å². The number of carbonyl (C=O) groups excluding carboxylic acids is 2. The summed E-state index contributed by atoms with van der Waals surface area (Å²) in [5.74, 6) is 1.08. The fourth-order valence-electron chi connectivity index (χ4n) is 5.49. The van der Waals surface area contributed by atoms with Gasteiger partial charge in [0.05, 0.1) is 24.5 Å². The van der Waals surface area contributed by atoms with Gasteiger partial charge in [0, 0.05) is 25.7 Å². The monoisotopic (exact) mass is 468 g/mol. The highest BCUT2D eigenvalue weighted by molar-refractivity contribution is 5.86. The molecule has 0 saturated heterocycles. The molecule has 6 heteroatoms. The normalized spacial score (nSPS) is 28.8. The number of fused-ring (bicyclic) bond motifs is 1. The molecule has 2 aliphatic rings. The lowest BCUT2D eigenvalue weighted by molar-refractivity contribution is -0.149. The summed E-state index contributed by atoms with van der Waals surface area (Å²) < 4.78 is 13.2. The van der Waals surface area contributed by atoms with Gasteiger partial charge in [0.15, 0.2) is 0 Å². The van der Waals surface area contributed by atoms with Crippen molar-refractivity contribution in [2.45, 2.75) is 65.9 Å². The molecule has 0 N–H and O–H groups in total. The number of nitrogens with zero attached hydrogens (tertiary/aromatic N) is 2. The van der Waals surface area contributed by atoms with Crippen molar-refractivity contribution in [3.63, 3.8) is 0 Å². The average molecular weight is 469 g/mol. The molecule has 5 unspecified atom stereocenters. The van der Waals surface area contributed by atoms with Crippen molar-refractivity contribution in [3.8, 4) is 0 Å². The molecule has 0 saturated carbocycles. The molecule has 0 amide bonds. The van der Waals surface area contributed by atoms with Crippen LogP contribution in [0.25, 0.3) is 6.08 Å². The Kier molecular flexibility index (Phi) is 9.31. The Morgan fingerprint density at radius 3 is 2.65 bits per heavy atom. The lowest BCUT2D eigenvalue weighted by Crippen LogP contribution is -2.37. The van der Waals surface area contributed by atoms with Gasteiger partial charge in [-0.25, -0.2) is 9.78 Å². The van der Waals surface area contributed by atoms with E-state index in [0.29, 0.717) is 37.2 Å². The second-order valence-electron chi connectivity index (χ2n) is 10.1. The summed E-state index contributed by atoms with van der Waals surface area (Å²) in [4.78, 5) is 29.6. The van der Waals surface area contributed by atoms with Gasteiger partial charge in [0.2, 0.25) is 0 Å². The molecule has 0 aliphatic heterocycles. The third-order valence-electron chi connectivity index (χ3n) is 7.30. The molecule has 1 aromatic rings. The van der Waals surface area contributed by atoms with E-state index in [-0.39, 0.29) is 29.9 Å². The van der Waals surface area contributed by atoms with Crippen LogP contribution in [0.1, 0.15) is 65.5 Å². The lowest BCUT2D eigenvalue weighted by Gasteiger charge is -2.42. The van der Waals surface area contributed by atoms with Gasteiger partial charge in [0.1, 0.15) is 6.10 Å². The molecule has 0 bridgehead atoms. The lowest BCUT2D eigenvalue weighted by atomic mass is 9.63. The number of ether oxygens (including phenoxy) is 2. The number of aromatic nitrogens is 2. The Bertz CT molecular complexity index is 927. The second-order valence-corrected chi connectivity index (χ2v) is 10.1. The van der Waals surface area contributed by atoms with Crippen LogP contribution in [0, 0.1) is 29.6 Å². The van der Waals surface area contributed by atoms with E-state index in [9.17, 15) is 9.59 Å². The molecule has 0 spiro atoms. The van der Waals surface area contributed by atoms with Gasteiger partial charge in [-0.1, -0.05) is 37.6 Å². The number of allylic oxidation sites excluding steroid dienone is 3. The Hall–Kier alpha value is -2.63. The standard InChI is InChI=1S/C28H40N2O4/c1-6-33-28(32)21-9-7-8-10-23(34-27(31)14-12-22-17-30(5)18-29-22)16-25-20(4)11-13-24(19(2)3)26(25)15-21/h7-8,11-12,14,17-19,21,23-26H,6,9-10,13,15-16H2,1-5H3/b8-7-,14-12?. The fraction of sp³-hybridized carbons (Fsp3) is 0.607. The Morgan fingerprint density at radius 1 is 1.21 bits per heavy atom. The average Bonchev–Trinajstić information content (AvgIpc) is 3.21.